The van der Waals surface area contributed by atoms with Crippen molar-refractivity contribution in [2.45, 2.75) is 32.2 Å². The van der Waals surface area contributed by atoms with E-state index in [0.717, 1.165) is 22.3 Å². The molecule has 2 aromatic rings. The summed E-state index contributed by atoms with van der Waals surface area (Å²) in [5.41, 5.74) is 4.46. The SMILES string of the molecule is CCC(C)C(NC(=O)OCC1c2ccccc2-c2ccccc21)C(=O)F. The van der Waals surface area contributed by atoms with Crippen molar-refractivity contribution >= 4 is 12.1 Å². The Morgan fingerprint density at radius 1 is 1.08 bits per heavy atom. The van der Waals surface area contributed by atoms with Gasteiger partial charge in [0.2, 0.25) is 0 Å². The quantitative estimate of drug-likeness (QED) is 0.780. The average Bonchev–Trinajstić information content (AvgIpc) is 2.97. The van der Waals surface area contributed by atoms with E-state index >= 15 is 0 Å². The summed E-state index contributed by atoms with van der Waals surface area (Å²) in [6.45, 7) is 3.68. The van der Waals surface area contributed by atoms with Crippen LogP contribution in [0.15, 0.2) is 48.5 Å². The topological polar surface area (TPSA) is 55.4 Å². The van der Waals surface area contributed by atoms with Gasteiger partial charge in [-0.2, -0.15) is 4.39 Å². The minimum Gasteiger partial charge on any atom is -0.449 e. The monoisotopic (exact) mass is 355 g/mol. The van der Waals surface area contributed by atoms with Crippen LogP contribution in [-0.4, -0.2) is 24.8 Å². The third-order valence-electron chi connectivity index (χ3n) is 5.07. The molecule has 2 unspecified atom stereocenters. The second-order valence-electron chi connectivity index (χ2n) is 6.64. The van der Waals surface area contributed by atoms with Crippen molar-refractivity contribution in [2.24, 2.45) is 5.92 Å². The van der Waals surface area contributed by atoms with Gasteiger partial charge in [-0.05, 0) is 28.2 Å². The zero-order chi connectivity index (χ0) is 18.7. The number of carbonyl (C=O) groups excluding carboxylic acids is 2. The Morgan fingerprint density at radius 3 is 2.12 bits per heavy atom. The molecule has 0 saturated heterocycles. The number of carbonyl (C=O) groups is 2. The lowest BCUT2D eigenvalue weighted by atomic mass is 9.98. The summed E-state index contributed by atoms with van der Waals surface area (Å²) in [7, 11) is 0. The normalized spacial score (nSPS) is 14.9. The third kappa shape index (κ3) is 3.47. The number of rotatable bonds is 6. The molecule has 1 amide bonds. The van der Waals surface area contributed by atoms with Gasteiger partial charge in [-0.1, -0.05) is 68.8 Å². The van der Waals surface area contributed by atoms with Crippen molar-refractivity contribution in [1.82, 2.24) is 5.32 Å². The average molecular weight is 355 g/mol. The first-order valence-electron chi connectivity index (χ1n) is 8.83. The molecule has 1 N–H and O–H groups in total. The molecule has 2 atom stereocenters. The van der Waals surface area contributed by atoms with E-state index in [1.165, 1.54) is 0 Å². The van der Waals surface area contributed by atoms with Gasteiger partial charge >= 0.3 is 12.1 Å². The second-order valence-corrected chi connectivity index (χ2v) is 6.64. The predicted molar refractivity (Wildman–Crippen MR) is 97.6 cm³/mol. The number of nitrogens with one attached hydrogen (secondary N) is 1. The molecule has 0 heterocycles. The Kier molecular flexibility index (Phi) is 5.35. The number of ether oxygens (including phenoxy) is 1. The molecule has 0 bridgehead atoms. The maximum Gasteiger partial charge on any atom is 0.407 e. The van der Waals surface area contributed by atoms with Crippen LogP contribution in [-0.2, 0) is 9.53 Å². The van der Waals surface area contributed by atoms with E-state index in [4.69, 9.17) is 4.74 Å². The molecule has 0 aromatic heterocycles. The van der Waals surface area contributed by atoms with Crippen LogP contribution >= 0.6 is 0 Å². The van der Waals surface area contributed by atoms with Crippen LogP contribution in [0.1, 0.15) is 37.3 Å². The third-order valence-corrected chi connectivity index (χ3v) is 5.07. The molecule has 3 rings (SSSR count). The molecular weight excluding hydrogens is 333 g/mol. The zero-order valence-electron chi connectivity index (χ0n) is 14.9. The van der Waals surface area contributed by atoms with Crippen molar-refractivity contribution in [2.75, 3.05) is 6.61 Å². The largest absolute Gasteiger partial charge is 0.449 e. The molecule has 0 spiro atoms. The molecule has 2 aromatic carbocycles. The number of benzene rings is 2. The van der Waals surface area contributed by atoms with Crippen LogP contribution < -0.4 is 5.32 Å². The summed E-state index contributed by atoms with van der Waals surface area (Å²) in [4.78, 5) is 23.2. The van der Waals surface area contributed by atoms with Gasteiger partial charge < -0.3 is 10.1 Å². The van der Waals surface area contributed by atoms with Gasteiger partial charge in [-0.15, -0.1) is 0 Å². The molecule has 4 nitrogen and oxygen atoms in total. The van der Waals surface area contributed by atoms with E-state index in [1.807, 2.05) is 43.3 Å². The van der Waals surface area contributed by atoms with Crippen molar-refractivity contribution in [3.05, 3.63) is 59.7 Å². The predicted octanol–water partition coefficient (Wildman–Crippen LogP) is 4.44. The van der Waals surface area contributed by atoms with Gasteiger partial charge in [0.05, 0.1) is 0 Å². The number of amides is 1. The lowest BCUT2D eigenvalue weighted by Gasteiger charge is -2.20. The molecule has 136 valence electrons. The Labute approximate surface area is 152 Å². The van der Waals surface area contributed by atoms with Gasteiger partial charge in [0, 0.05) is 5.92 Å². The molecule has 5 heteroatoms. The van der Waals surface area contributed by atoms with Gasteiger partial charge in [-0.3, -0.25) is 4.79 Å². The molecule has 1 aliphatic rings. The van der Waals surface area contributed by atoms with E-state index < -0.39 is 18.2 Å². The van der Waals surface area contributed by atoms with E-state index in [-0.39, 0.29) is 18.4 Å². The van der Waals surface area contributed by atoms with Crippen LogP contribution in [0.4, 0.5) is 9.18 Å². The first-order chi connectivity index (χ1) is 12.5. The number of hydrogen-bond donors (Lipinski definition) is 1. The summed E-state index contributed by atoms with van der Waals surface area (Å²) in [5, 5.41) is 2.35. The first kappa shape index (κ1) is 18.1. The fourth-order valence-electron chi connectivity index (χ4n) is 3.43. The number of fused-ring (bicyclic) bond motifs is 3. The van der Waals surface area contributed by atoms with Crippen molar-refractivity contribution in [3.8, 4) is 11.1 Å². The Bertz CT molecular complexity index is 775. The minimum atomic E-state index is -1.55. The number of halogens is 1. The maximum absolute atomic E-state index is 13.2. The Balaban J connectivity index is 1.72. The van der Waals surface area contributed by atoms with E-state index in [1.54, 1.807) is 6.92 Å². The highest BCUT2D eigenvalue weighted by molar-refractivity contribution is 5.81. The Hall–Kier alpha value is -2.69. The van der Waals surface area contributed by atoms with Crippen LogP contribution in [0.2, 0.25) is 0 Å². The molecule has 26 heavy (non-hydrogen) atoms. The summed E-state index contributed by atoms with van der Waals surface area (Å²) in [6.07, 6.45) is -0.201. The molecular formula is C21H22FNO3. The van der Waals surface area contributed by atoms with Crippen LogP contribution in [0.25, 0.3) is 11.1 Å². The highest BCUT2D eigenvalue weighted by Gasteiger charge is 2.30. The van der Waals surface area contributed by atoms with E-state index in [9.17, 15) is 14.0 Å². The highest BCUT2D eigenvalue weighted by atomic mass is 19.1. The summed E-state index contributed by atoms with van der Waals surface area (Å²) in [5.74, 6) is -0.371. The maximum atomic E-state index is 13.2. The van der Waals surface area contributed by atoms with Crippen molar-refractivity contribution in [3.63, 3.8) is 0 Å². The van der Waals surface area contributed by atoms with Gasteiger partial charge in [0.25, 0.3) is 0 Å². The molecule has 0 fully saturated rings. The lowest BCUT2D eigenvalue weighted by molar-refractivity contribution is -0.132. The van der Waals surface area contributed by atoms with Crippen LogP contribution in [0.3, 0.4) is 0 Å². The second kappa shape index (κ2) is 7.68. The fraction of sp³-hybridized carbons (Fsp3) is 0.333. The summed E-state index contributed by atoms with van der Waals surface area (Å²) < 4.78 is 18.5. The summed E-state index contributed by atoms with van der Waals surface area (Å²) in [6, 6.07) is 13.3. The van der Waals surface area contributed by atoms with Crippen molar-refractivity contribution < 1.29 is 18.7 Å². The molecule has 0 aliphatic heterocycles. The molecule has 0 saturated carbocycles. The fourth-order valence-corrected chi connectivity index (χ4v) is 3.43. The lowest BCUT2D eigenvalue weighted by Crippen LogP contribution is -2.44. The molecule has 0 radical (unpaired) electrons. The minimum absolute atomic E-state index is 0.0729. The summed E-state index contributed by atoms with van der Waals surface area (Å²) >= 11 is 0. The highest BCUT2D eigenvalue weighted by Crippen LogP contribution is 2.44. The van der Waals surface area contributed by atoms with Crippen LogP contribution in [0.5, 0.6) is 0 Å². The zero-order valence-corrected chi connectivity index (χ0v) is 14.9. The van der Waals surface area contributed by atoms with Crippen LogP contribution in [0, 0.1) is 5.92 Å². The number of alkyl carbamates (subject to hydrolysis) is 1. The van der Waals surface area contributed by atoms with E-state index in [0.29, 0.717) is 6.42 Å². The van der Waals surface area contributed by atoms with E-state index in [2.05, 4.69) is 17.4 Å². The standard InChI is InChI=1S/C21H22FNO3/c1-3-13(2)19(20(22)24)23-21(25)26-12-18-16-10-6-4-8-14(16)15-9-5-7-11-17(15)18/h4-11,13,18-19H,3,12H2,1-2H3,(H,23,25). The van der Waals surface area contributed by atoms with Crippen molar-refractivity contribution in [1.29, 1.82) is 0 Å². The smallest absolute Gasteiger partial charge is 0.407 e. The molecule has 1 aliphatic carbocycles. The Morgan fingerprint density at radius 2 is 1.62 bits per heavy atom. The first-order valence-corrected chi connectivity index (χ1v) is 8.83. The van der Waals surface area contributed by atoms with Gasteiger partial charge in [-0.25, -0.2) is 4.79 Å². The van der Waals surface area contributed by atoms with Gasteiger partial charge in [0.15, 0.2) is 0 Å². The number of hydrogen-bond acceptors (Lipinski definition) is 3. The van der Waals surface area contributed by atoms with Gasteiger partial charge in [0.1, 0.15) is 12.6 Å².